The van der Waals surface area contributed by atoms with Crippen molar-refractivity contribution in [3.8, 4) is 11.5 Å². The van der Waals surface area contributed by atoms with Gasteiger partial charge in [-0.3, -0.25) is 10.2 Å². The van der Waals surface area contributed by atoms with E-state index in [0.717, 1.165) is 0 Å². The van der Waals surface area contributed by atoms with Crippen LogP contribution in [0.2, 0.25) is 0 Å². The van der Waals surface area contributed by atoms with Crippen molar-refractivity contribution in [3.63, 3.8) is 0 Å². The van der Waals surface area contributed by atoms with Crippen LogP contribution >= 0.6 is 24.4 Å². The first-order valence-electron chi connectivity index (χ1n) is 6.17. The number of aromatic nitrogens is 3. The van der Waals surface area contributed by atoms with Crippen LogP contribution in [0.3, 0.4) is 0 Å². The molecule has 1 aromatic heterocycles. The summed E-state index contributed by atoms with van der Waals surface area (Å²) in [5, 5.41) is 9.27. The zero-order valence-electron chi connectivity index (χ0n) is 11.4. The molecule has 10 heteroatoms. The molecule has 0 aliphatic rings. The average molecular weight is 346 g/mol. The van der Waals surface area contributed by atoms with Crippen LogP contribution in [0.25, 0.3) is 0 Å². The Morgan fingerprint density at radius 1 is 1.32 bits per heavy atom. The Labute approximate surface area is 134 Å². The van der Waals surface area contributed by atoms with E-state index < -0.39 is 6.61 Å². The van der Waals surface area contributed by atoms with Gasteiger partial charge in [0.05, 0.1) is 12.8 Å². The Kier molecular flexibility index (Phi) is 5.39. The molecule has 1 heterocycles. The van der Waals surface area contributed by atoms with E-state index in [4.69, 9.17) is 29.2 Å². The van der Waals surface area contributed by atoms with Crippen LogP contribution in [-0.2, 0) is 0 Å². The van der Waals surface area contributed by atoms with Crippen LogP contribution in [0.1, 0.15) is 12.5 Å². The molecule has 0 saturated carbocycles. The van der Waals surface area contributed by atoms with Gasteiger partial charge in [0.2, 0.25) is 9.54 Å². The molecular formula is C12H12F2N4O2S2. The number of nitrogens with one attached hydrogen (secondary N) is 2. The molecular weight excluding hydrogens is 334 g/mol. The number of ether oxygens (including phenoxy) is 2. The fourth-order valence-electron chi connectivity index (χ4n) is 1.65. The standard InChI is InChI=1S/C12H12F2N4O2S2/c1-2-19-8-5-3-4-7(9(8)20-10(13)14)6-15-18-11(21)16-17-12(18)22/h3-6,10H,2H2,1H3,(H,16,21)(H,17,22)/b15-6-. The first-order chi connectivity index (χ1) is 10.5. The molecule has 0 bridgehead atoms. The molecule has 22 heavy (non-hydrogen) atoms. The van der Waals surface area contributed by atoms with E-state index in [2.05, 4.69) is 20.0 Å². The van der Waals surface area contributed by atoms with Crippen LogP contribution in [-0.4, -0.2) is 34.3 Å². The van der Waals surface area contributed by atoms with E-state index in [1.807, 2.05) is 0 Å². The van der Waals surface area contributed by atoms with E-state index in [-0.39, 0.29) is 21.0 Å². The molecule has 6 nitrogen and oxygen atoms in total. The molecule has 0 radical (unpaired) electrons. The Morgan fingerprint density at radius 2 is 2.00 bits per heavy atom. The van der Waals surface area contributed by atoms with Crippen LogP contribution in [0.5, 0.6) is 11.5 Å². The smallest absolute Gasteiger partial charge is 0.387 e. The number of alkyl halides is 2. The van der Waals surface area contributed by atoms with Gasteiger partial charge in [0.15, 0.2) is 11.5 Å². The SMILES string of the molecule is CCOc1cccc(/C=N\n2c(=S)[nH][nH]c2=S)c1OC(F)F. The Hall–Kier alpha value is -2.07. The number of benzene rings is 1. The number of hydrogen-bond donors (Lipinski definition) is 2. The van der Waals surface area contributed by atoms with E-state index in [1.165, 1.54) is 17.0 Å². The molecule has 0 amide bonds. The molecule has 0 unspecified atom stereocenters. The largest absolute Gasteiger partial charge is 0.490 e. The number of H-pyrrole nitrogens is 2. The van der Waals surface area contributed by atoms with Gasteiger partial charge in [0.1, 0.15) is 0 Å². The van der Waals surface area contributed by atoms with E-state index in [0.29, 0.717) is 12.2 Å². The van der Waals surface area contributed by atoms with Gasteiger partial charge >= 0.3 is 6.61 Å². The second-order valence-corrected chi connectivity index (χ2v) is 4.68. The highest BCUT2D eigenvalue weighted by atomic mass is 32.1. The molecule has 0 atom stereocenters. The number of rotatable bonds is 6. The molecule has 2 aromatic rings. The summed E-state index contributed by atoms with van der Waals surface area (Å²) in [6.07, 6.45) is 1.31. The number of hydrogen-bond acceptors (Lipinski definition) is 5. The third-order valence-corrected chi connectivity index (χ3v) is 3.04. The molecule has 118 valence electrons. The van der Waals surface area contributed by atoms with Gasteiger partial charge in [0, 0.05) is 5.56 Å². The molecule has 0 aliphatic heterocycles. The van der Waals surface area contributed by atoms with Crippen LogP contribution in [0.4, 0.5) is 8.78 Å². The first kappa shape index (κ1) is 16.3. The van der Waals surface area contributed by atoms with Crippen LogP contribution in [0, 0.1) is 9.54 Å². The van der Waals surface area contributed by atoms with Crippen LogP contribution < -0.4 is 9.47 Å². The lowest BCUT2D eigenvalue weighted by Crippen LogP contribution is -2.07. The summed E-state index contributed by atoms with van der Waals surface area (Å²) < 4.78 is 36.7. The second-order valence-electron chi connectivity index (χ2n) is 3.90. The second kappa shape index (κ2) is 7.27. The minimum atomic E-state index is -2.98. The Balaban J connectivity index is 2.43. The highest BCUT2D eigenvalue weighted by Gasteiger charge is 2.14. The molecule has 2 rings (SSSR count). The minimum Gasteiger partial charge on any atom is -0.490 e. The molecule has 1 aromatic carbocycles. The summed E-state index contributed by atoms with van der Waals surface area (Å²) in [7, 11) is 0. The number of halogens is 2. The monoisotopic (exact) mass is 346 g/mol. The van der Waals surface area contributed by atoms with Gasteiger partial charge in [-0.1, -0.05) is 6.07 Å². The third-order valence-electron chi connectivity index (χ3n) is 2.49. The lowest BCUT2D eigenvalue weighted by molar-refractivity contribution is -0.0515. The molecule has 2 N–H and O–H groups in total. The molecule has 0 spiro atoms. The normalized spacial score (nSPS) is 11.3. The van der Waals surface area contributed by atoms with Gasteiger partial charge in [-0.25, -0.2) is 0 Å². The summed E-state index contributed by atoms with van der Waals surface area (Å²) in [5.74, 6) is 0.106. The predicted molar refractivity (Wildman–Crippen MR) is 82.0 cm³/mol. The summed E-state index contributed by atoms with van der Waals surface area (Å²) in [6, 6.07) is 4.74. The first-order valence-corrected chi connectivity index (χ1v) is 6.99. The molecule has 0 aliphatic carbocycles. The maximum absolute atomic E-state index is 12.6. The quantitative estimate of drug-likeness (QED) is 0.621. The maximum atomic E-state index is 12.6. The summed E-state index contributed by atoms with van der Waals surface area (Å²) in [6.45, 7) is -0.925. The van der Waals surface area contributed by atoms with E-state index in [9.17, 15) is 8.78 Å². The number of nitrogens with zero attached hydrogens (tertiary/aromatic N) is 2. The van der Waals surface area contributed by atoms with Crippen molar-refractivity contribution < 1.29 is 18.3 Å². The van der Waals surface area contributed by atoms with Crippen molar-refractivity contribution in [3.05, 3.63) is 33.3 Å². The zero-order valence-corrected chi connectivity index (χ0v) is 13.0. The number of aromatic amines is 2. The predicted octanol–water partition coefficient (Wildman–Crippen LogP) is 3.49. The summed E-state index contributed by atoms with van der Waals surface area (Å²) >= 11 is 9.96. The van der Waals surface area contributed by atoms with E-state index in [1.54, 1.807) is 19.1 Å². The van der Waals surface area contributed by atoms with Gasteiger partial charge in [-0.05, 0) is 43.5 Å². The fourth-order valence-corrected chi connectivity index (χ4v) is 2.09. The van der Waals surface area contributed by atoms with E-state index >= 15 is 0 Å². The fraction of sp³-hybridized carbons (Fsp3) is 0.250. The number of para-hydroxylation sites is 1. The molecule has 0 fully saturated rings. The minimum absolute atomic E-state index is 0.0972. The third kappa shape index (κ3) is 3.77. The summed E-state index contributed by atoms with van der Waals surface area (Å²) in [4.78, 5) is 0. The highest BCUT2D eigenvalue weighted by Crippen LogP contribution is 2.31. The highest BCUT2D eigenvalue weighted by molar-refractivity contribution is 7.72. The lowest BCUT2D eigenvalue weighted by Gasteiger charge is -2.13. The molecule has 0 saturated heterocycles. The van der Waals surface area contributed by atoms with Gasteiger partial charge < -0.3 is 9.47 Å². The average Bonchev–Trinajstić information content (AvgIpc) is 2.78. The lowest BCUT2D eigenvalue weighted by atomic mass is 10.2. The van der Waals surface area contributed by atoms with Gasteiger partial charge in [-0.2, -0.15) is 18.6 Å². The van der Waals surface area contributed by atoms with Crippen molar-refractivity contribution in [1.82, 2.24) is 14.9 Å². The zero-order chi connectivity index (χ0) is 16.1. The topological polar surface area (TPSA) is 67.3 Å². The summed E-state index contributed by atoms with van der Waals surface area (Å²) in [5.41, 5.74) is 0.309. The van der Waals surface area contributed by atoms with Gasteiger partial charge in [0.25, 0.3) is 0 Å². The van der Waals surface area contributed by atoms with Crippen molar-refractivity contribution in [2.45, 2.75) is 13.5 Å². The van der Waals surface area contributed by atoms with Crippen molar-refractivity contribution in [1.29, 1.82) is 0 Å². The van der Waals surface area contributed by atoms with Crippen LogP contribution in [0.15, 0.2) is 23.3 Å². The van der Waals surface area contributed by atoms with Crippen molar-refractivity contribution in [2.75, 3.05) is 6.61 Å². The Morgan fingerprint density at radius 3 is 2.59 bits per heavy atom. The maximum Gasteiger partial charge on any atom is 0.387 e. The van der Waals surface area contributed by atoms with Crippen molar-refractivity contribution in [2.24, 2.45) is 5.10 Å². The van der Waals surface area contributed by atoms with Crippen molar-refractivity contribution >= 4 is 30.7 Å². The Bertz CT molecular complexity index is 754. The van der Waals surface area contributed by atoms with Gasteiger partial charge in [-0.15, -0.1) is 0 Å².